The summed E-state index contributed by atoms with van der Waals surface area (Å²) in [4.78, 5) is 20.7. The first kappa shape index (κ1) is 29.5. The Balaban J connectivity index is 2.02. The minimum Gasteiger partial charge on any atom is -0.331 e. The van der Waals surface area contributed by atoms with Gasteiger partial charge in [-0.25, -0.2) is 22.9 Å². The van der Waals surface area contributed by atoms with Gasteiger partial charge in [0.2, 0.25) is 10.0 Å². The molecular formula is C24H47N7O3S. The fourth-order valence-corrected chi connectivity index (χ4v) is 6.04. The molecule has 0 spiro atoms. The van der Waals surface area contributed by atoms with E-state index in [-0.39, 0.29) is 18.3 Å². The normalized spacial score (nSPS) is 15.9. The van der Waals surface area contributed by atoms with Crippen LogP contribution < -0.4 is 10.0 Å². The van der Waals surface area contributed by atoms with E-state index >= 15 is 0 Å². The molecule has 0 saturated heterocycles. The van der Waals surface area contributed by atoms with Gasteiger partial charge in [0.1, 0.15) is 5.82 Å². The van der Waals surface area contributed by atoms with Gasteiger partial charge in [0, 0.05) is 13.1 Å². The molecule has 11 heteroatoms. The van der Waals surface area contributed by atoms with Gasteiger partial charge >= 0.3 is 6.03 Å². The lowest BCUT2D eigenvalue weighted by Crippen LogP contribution is -2.39. The molecule has 0 bridgehead atoms. The Kier molecular flexibility index (Phi) is 13.0. The van der Waals surface area contributed by atoms with Crippen LogP contribution in [0.25, 0.3) is 0 Å². The molecule has 1 fully saturated rings. The van der Waals surface area contributed by atoms with Crippen LogP contribution in [0.4, 0.5) is 4.79 Å². The number of amides is 2. The van der Waals surface area contributed by atoms with E-state index < -0.39 is 16.1 Å². The molecule has 202 valence electrons. The maximum absolute atomic E-state index is 12.9. The zero-order valence-electron chi connectivity index (χ0n) is 22.2. The van der Waals surface area contributed by atoms with Crippen LogP contribution >= 0.6 is 0 Å². The van der Waals surface area contributed by atoms with Gasteiger partial charge in [0.15, 0.2) is 5.82 Å². The Hall–Kier alpha value is -1.72. The Bertz CT molecular complexity index is 832. The van der Waals surface area contributed by atoms with Crippen molar-refractivity contribution in [1.82, 2.24) is 35.0 Å². The van der Waals surface area contributed by atoms with E-state index in [9.17, 15) is 13.2 Å². The molecule has 1 aliphatic carbocycles. The predicted molar refractivity (Wildman–Crippen MR) is 139 cm³/mol. The van der Waals surface area contributed by atoms with Crippen molar-refractivity contribution < 1.29 is 13.2 Å². The molecule has 0 aliphatic heterocycles. The van der Waals surface area contributed by atoms with Gasteiger partial charge in [-0.3, -0.25) is 5.10 Å². The van der Waals surface area contributed by atoms with Gasteiger partial charge in [-0.2, -0.15) is 5.10 Å². The summed E-state index contributed by atoms with van der Waals surface area (Å²) in [5.74, 6) is 1.68. The van der Waals surface area contributed by atoms with Crippen LogP contribution in [-0.4, -0.2) is 77.9 Å². The van der Waals surface area contributed by atoms with Crippen molar-refractivity contribution in [2.75, 3.05) is 38.5 Å². The van der Waals surface area contributed by atoms with Gasteiger partial charge in [-0.15, -0.1) is 0 Å². The number of nitrogens with one attached hydrogen (secondary N) is 3. The zero-order valence-corrected chi connectivity index (χ0v) is 23.0. The molecule has 1 heterocycles. The number of rotatable bonds is 16. The number of urea groups is 1. The van der Waals surface area contributed by atoms with Crippen LogP contribution in [0.5, 0.6) is 0 Å². The minimum absolute atomic E-state index is 0.0876. The van der Waals surface area contributed by atoms with E-state index in [0.717, 1.165) is 26.1 Å². The first-order chi connectivity index (χ1) is 16.8. The van der Waals surface area contributed by atoms with Crippen LogP contribution in [0.2, 0.25) is 0 Å². The number of H-pyrrole nitrogens is 1. The average molecular weight is 514 g/mol. The SMILES string of the molecule is CCN(CC)CCCS(=O)(=O)N[C@H](CCC1CCCCC1)c1nc(CNC(=O)N(CC)CC)n[nH]1. The molecule has 1 aromatic rings. The van der Waals surface area contributed by atoms with Gasteiger partial charge in [0.25, 0.3) is 0 Å². The van der Waals surface area contributed by atoms with Crippen molar-refractivity contribution in [2.45, 2.75) is 91.6 Å². The highest BCUT2D eigenvalue weighted by molar-refractivity contribution is 7.89. The summed E-state index contributed by atoms with van der Waals surface area (Å²) >= 11 is 0. The number of hydrogen-bond donors (Lipinski definition) is 3. The van der Waals surface area contributed by atoms with Gasteiger partial charge in [0.05, 0.1) is 18.3 Å². The summed E-state index contributed by atoms with van der Waals surface area (Å²) < 4.78 is 28.8. The van der Waals surface area contributed by atoms with Crippen LogP contribution in [0.1, 0.15) is 96.8 Å². The summed E-state index contributed by atoms with van der Waals surface area (Å²) in [6.07, 6.45) is 8.46. The third kappa shape index (κ3) is 10.4. The molecule has 0 radical (unpaired) electrons. The summed E-state index contributed by atoms with van der Waals surface area (Å²) in [6, 6.07) is -0.612. The van der Waals surface area contributed by atoms with Gasteiger partial charge in [-0.1, -0.05) is 46.0 Å². The third-order valence-electron chi connectivity index (χ3n) is 7.02. The molecule has 2 rings (SSSR count). The number of sulfonamides is 1. The smallest absolute Gasteiger partial charge is 0.317 e. The first-order valence-electron chi connectivity index (χ1n) is 13.5. The Morgan fingerprint density at radius 2 is 1.77 bits per heavy atom. The lowest BCUT2D eigenvalue weighted by atomic mass is 9.85. The minimum atomic E-state index is -3.47. The highest BCUT2D eigenvalue weighted by atomic mass is 32.2. The van der Waals surface area contributed by atoms with Gasteiger partial charge in [-0.05, 0) is 58.7 Å². The zero-order chi connectivity index (χ0) is 25.7. The van der Waals surface area contributed by atoms with Crippen molar-refractivity contribution in [3.63, 3.8) is 0 Å². The lowest BCUT2D eigenvalue weighted by molar-refractivity contribution is 0.202. The average Bonchev–Trinajstić information content (AvgIpc) is 3.33. The number of nitrogens with zero attached hydrogens (tertiary/aromatic N) is 4. The van der Waals surface area contributed by atoms with Crippen LogP contribution in [0.15, 0.2) is 0 Å². The Morgan fingerprint density at radius 1 is 1.09 bits per heavy atom. The highest BCUT2D eigenvalue weighted by Crippen LogP contribution is 2.30. The lowest BCUT2D eigenvalue weighted by Gasteiger charge is -2.24. The molecule has 35 heavy (non-hydrogen) atoms. The third-order valence-corrected chi connectivity index (χ3v) is 8.49. The van der Waals surface area contributed by atoms with Crippen molar-refractivity contribution in [2.24, 2.45) is 5.92 Å². The topological polar surface area (TPSA) is 123 Å². The van der Waals surface area contributed by atoms with Crippen molar-refractivity contribution in [3.05, 3.63) is 11.6 Å². The molecule has 0 aromatic carbocycles. The number of aromatic nitrogens is 3. The predicted octanol–water partition coefficient (Wildman–Crippen LogP) is 3.41. The van der Waals surface area contributed by atoms with Gasteiger partial charge < -0.3 is 15.1 Å². The fourth-order valence-electron chi connectivity index (χ4n) is 4.75. The van der Waals surface area contributed by atoms with E-state index in [4.69, 9.17) is 0 Å². The number of hydrogen-bond acceptors (Lipinski definition) is 6. The molecule has 10 nitrogen and oxygen atoms in total. The summed E-state index contributed by atoms with van der Waals surface area (Å²) in [7, 11) is -3.47. The fraction of sp³-hybridized carbons (Fsp3) is 0.875. The molecule has 2 amide bonds. The van der Waals surface area contributed by atoms with E-state index in [1.165, 1.54) is 32.1 Å². The first-order valence-corrected chi connectivity index (χ1v) is 15.1. The highest BCUT2D eigenvalue weighted by Gasteiger charge is 2.25. The second-order valence-corrected chi connectivity index (χ2v) is 11.3. The molecule has 0 unspecified atom stereocenters. The van der Waals surface area contributed by atoms with Crippen molar-refractivity contribution in [3.8, 4) is 0 Å². The summed E-state index contributed by atoms with van der Waals surface area (Å²) in [5.41, 5.74) is 0. The summed E-state index contributed by atoms with van der Waals surface area (Å²) in [6.45, 7) is 12.1. The molecule has 1 aliphatic rings. The van der Waals surface area contributed by atoms with E-state index in [1.54, 1.807) is 4.90 Å². The van der Waals surface area contributed by atoms with Crippen LogP contribution in [0, 0.1) is 5.92 Å². The second kappa shape index (κ2) is 15.4. The van der Waals surface area contributed by atoms with E-state index in [1.807, 2.05) is 13.8 Å². The molecule has 1 saturated carbocycles. The van der Waals surface area contributed by atoms with Crippen LogP contribution in [0.3, 0.4) is 0 Å². The Morgan fingerprint density at radius 3 is 2.40 bits per heavy atom. The standard InChI is InChI=1S/C24H47N7O3S/c1-5-30(6-2)17-12-18-35(33,34)29-21(16-15-20-13-10-9-11-14-20)23-26-22(27-28-23)19-25-24(32)31(7-3)8-4/h20-21,29H,5-19H2,1-4H3,(H,25,32)(H,26,27,28)/t21-/m1/s1. The second-order valence-electron chi connectivity index (χ2n) is 9.42. The maximum atomic E-state index is 12.9. The molecular weight excluding hydrogens is 466 g/mol. The molecule has 3 N–H and O–H groups in total. The molecule has 1 atom stereocenters. The number of carbonyl (C=O) groups is 1. The monoisotopic (exact) mass is 513 g/mol. The molecule has 1 aromatic heterocycles. The number of carbonyl (C=O) groups excluding carboxylic acids is 1. The largest absolute Gasteiger partial charge is 0.331 e. The van der Waals surface area contributed by atoms with Crippen molar-refractivity contribution in [1.29, 1.82) is 0 Å². The van der Waals surface area contributed by atoms with E-state index in [2.05, 4.69) is 44.0 Å². The number of aromatic amines is 1. The van der Waals surface area contributed by atoms with Crippen LogP contribution in [-0.2, 0) is 16.6 Å². The summed E-state index contributed by atoms with van der Waals surface area (Å²) in [5, 5.41) is 10.0. The Labute approximate surface area is 212 Å². The van der Waals surface area contributed by atoms with E-state index in [0.29, 0.717) is 43.5 Å². The quantitative estimate of drug-likeness (QED) is 0.311. The maximum Gasteiger partial charge on any atom is 0.317 e. The van der Waals surface area contributed by atoms with Crippen molar-refractivity contribution >= 4 is 16.1 Å².